The molecular weight excluding hydrogens is 237 g/mol. The van der Waals surface area contributed by atoms with E-state index in [9.17, 15) is 14.7 Å². The van der Waals surface area contributed by atoms with Crippen molar-refractivity contribution in [3.8, 4) is 5.75 Å². The van der Waals surface area contributed by atoms with Gasteiger partial charge in [0.25, 0.3) is 0 Å². The number of rotatable bonds is 4. The van der Waals surface area contributed by atoms with Crippen molar-refractivity contribution in [2.75, 3.05) is 0 Å². The van der Waals surface area contributed by atoms with Crippen molar-refractivity contribution in [1.82, 2.24) is 5.32 Å². The molecule has 0 aliphatic carbocycles. The molecule has 0 saturated carbocycles. The highest BCUT2D eigenvalue weighted by Gasteiger charge is 2.14. The number of carbonyl (C=O) groups excluding carboxylic acids is 1. The fraction of sp³-hybridized carbons (Fsp3) is 0.273. The van der Waals surface area contributed by atoms with Crippen molar-refractivity contribution in [1.29, 1.82) is 0 Å². The molecule has 0 unspecified atom stereocenters. The Bertz CT molecular complexity index is 447. The number of amides is 1. The molecule has 0 aliphatic heterocycles. The zero-order valence-electron chi connectivity index (χ0n) is 9.30. The number of carboxylic acids is 1. The van der Waals surface area contributed by atoms with Crippen molar-refractivity contribution < 1.29 is 19.8 Å². The van der Waals surface area contributed by atoms with E-state index >= 15 is 0 Å². The number of hydrogen-bond donors (Lipinski definition) is 3. The predicted molar refractivity (Wildman–Crippen MR) is 62.1 cm³/mol. The standard InChI is InChI=1S/C11H12NO4.Al/c1-7(13)12-6-5-8-3-2-4-9(10(8)14)11(15)16;/h2-4,6,14H,5H2,1H3,(H,12,13)(H,15,16);. The van der Waals surface area contributed by atoms with E-state index in [1.165, 1.54) is 13.0 Å². The second kappa shape index (κ2) is 5.71. The zero-order valence-corrected chi connectivity index (χ0v) is 10.5. The van der Waals surface area contributed by atoms with Crippen LogP contribution >= 0.6 is 0 Å². The first kappa shape index (κ1) is 13.6. The first-order chi connectivity index (χ1) is 7.91. The Labute approximate surface area is 107 Å². The molecule has 3 N–H and O–H groups in total. The Morgan fingerprint density at radius 2 is 2.12 bits per heavy atom. The minimum Gasteiger partial charge on any atom is -0.507 e. The number of aromatic carboxylic acids is 1. The Kier molecular flexibility index (Phi) is 4.55. The third-order valence-corrected chi connectivity index (χ3v) is 2.58. The molecule has 1 aromatic rings. The molecule has 1 rings (SSSR count). The molecule has 2 radical (unpaired) electrons. The van der Waals surface area contributed by atoms with Crippen LogP contribution in [0.3, 0.4) is 0 Å². The second-order valence-corrected chi connectivity index (χ2v) is 4.43. The highest BCUT2D eigenvalue weighted by atomic mass is 27.0. The second-order valence-electron chi connectivity index (χ2n) is 3.63. The number of carboxylic acid groups (broad SMARTS) is 1. The van der Waals surface area contributed by atoms with E-state index in [4.69, 9.17) is 5.11 Å². The van der Waals surface area contributed by atoms with Crippen molar-refractivity contribution >= 4 is 28.2 Å². The molecular formula is C11H12AlNO4. The summed E-state index contributed by atoms with van der Waals surface area (Å²) in [6, 6.07) is 4.52. The lowest BCUT2D eigenvalue weighted by Gasteiger charge is -2.15. The van der Waals surface area contributed by atoms with Gasteiger partial charge in [-0.15, -0.1) is 0 Å². The fourth-order valence-electron chi connectivity index (χ4n) is 1.48. The predicted octanol–water partition coefficient (Wildman–Crippen LogP) is 0.264. The maximum atomic E-state index is 10.8. The summed E-state index contributed by atoms with van der Waals surface area (Å²) in [6.45, 7) is 1.39. The van der Waals surface area contributed by atoms with Crippen LogP contribution in [0.15, 0.2) is 18.2 Å². The van der Waals surface area contributed by atoms with Crippen LogP contribution in [0.1, 0.15) is 22.8 Å². The minimum absolute atomic E-state index is 0.137. The lowest BCUT2D eigenvalue weighted by molar-refractivity contribution is -0.119. The lowest BCUT2D eigenvalue weighted by atomic mass is 10.1. The molecule has 0 heterocycles. The van der Waals surface area contributed by atoms with Gasteiger partial charge in [0.1, 0.15) is 11.3 Å². The molecule has 1 amide bonds. The maximum absolute atomic E-state index is 10.8. The van der Waals surface area contributed by atoms with E-state index < -0.39 is 5.97 Å². The van der Waals surface area contributed by atoms with Gasteiger partial charge in [-0.1, -0.05) is 12.1 Å². The van der Waals surface area contributed by atoms with E-state index in [1.54, 1.807) is 12.1 Å². The van der Waals surface area contributed by atoms with Crippen LogP contribution in [0.4, 0.5) is 0 Å². The van der Waals surface area contributed by atoms with Crippen LogP contribution in [0.25, 0.3) is 0 Å². The smallest absolute Gasteiger partial charge is 0.339 e. The van der Waals surface area contributed by atoms with Crippen LogP contribution in [0.2, 0.25) is 0 Å². The summed E-state index contributed by atoms with van der Waals surface area (Å²) in [5.74, 6) is -1.61. The van der Waals surface area contributed by atoms with E-state index in [1.807, 2.05) is 0 Å². The summed E-state index contributed by atoms with van der Waals surface area (Å²) in [5, 5.41) is 21.2. The molecule has 1 atom stereocenters. The quantitative estimate of drug-likeness (QED) is 0.668. The number of para-hydroxylation sites is 1. The number of carbonyl (C=O) groups is 2. The van der Waals surface area contributed by atoms with Gasteiger partial charge in [0, 0.05) is 6.92 Å². The summed E-state index contributed by atoms with van der Waals surface area (Å²) in [6.07, 6.45) is 0.344. The van der Waals surface area contributed by atoms with Gasteiger partial charge < -0.3 is 15.5 Å². The Morgan fingerprint density at radius 3 is 2.65 bits per heavy atom. The van der Waals surface area contributed by atoms with Crippen molar-refractivity contribution in [2.45, 2.75) is 18.2 Å². The first-order valence-electron chi connectivity index (χ1n) is 4.98. The zero-order chi connectivity index (χ0) is 13.0. The highest BCUT2D eigenvalue weighted by Crippen LogP contribution is 2.23. The molecule has 17 heavy (non-hydrogen) atoms. The summed E-state index contributed by atoms with van der Waals surface area (Å²) in [5.41, 5.74) is 0.348. The fourth-order valence-corrected chi connectivity index (χ4v) is 1.97. The van der Waals surface area contributed by atoms with Gasteiger partial charge in [0.15, 0.2) is 16.3 Å². The topological polar surface area (TPSA) is 86.6 Å². The van der Waals surface area contributed by atoms with Gasteiger partial charge in [-0.25, -0.2) is 4.79 Å². The van der Waals surface area contributed by atoms with Gasteiger partial charge in [-0.2, -0.15) is 0 Å². The van der Waals surface area contributed by atoms with Crippen molar-refractivity contribution in [3.05, 3.63) is 29.3 Å². The molecule has 0 fully saturated rings. The summed E-state index contributed by atoms with van der Waals surface area (Å²) < 4.78 is 0. The van der Waals surface area contributed by atoms with Crippen LogP contribution < -0.4 is 5.32 Å². The summed E-state index contributed by atoms with van der Waals surface area (Å²) in [4.78, 5) is 21.4. The lowest BCUT2D eigenvalue weighted by Crippen LogP contribution is -2.35. The number of benzene rings is 1. The number of aromatic hydroxyl groups is 1. The third-order valence-electron chi connectivity index (χ3n) is 2.18. The van der Waals surface area contributed by atoms with E-state index in [0.717, 1.165) is 0 Å². The number of phenols is 1. The minimum atomic E-state index is -1.18. The van der Waals surface area contributed by atoms with Crippen molar-refractivity contribution in [2.24, 2.45) is 0 Å². The van der Waals surface area contributed by atoms with E-state index in [0.29, 0.717) is 12.0 Å². The number of nitrogens with one attached hydrogen (secondary N) is 1. The van der Waals surface area contributed by atoms with Crippen LogP contribution in [-0.4, -0.2) is 43.3 Å². The van der Waals surface area contributed by atoms with Gasteiger partial charge in [-0.05, 0) is 23.0 Å². The summed E-state index contributed by atoms with van der Waals surface area (Å²) in [7, 11) is 0. The molecule has 0 aromatic heterocycles. The Hall–Kier alpha value is -1.51. The van der Waals surface area contributed by atoms with Gasteiger partial charge in [0.05, 0.1) is 0 Å². The molecule has 5 nitrogen and oxygen atoms in total. The van der Waals surface area contributed by atoms with Crippen LogP contribution in [0, 0.1) is 0 Å². The highest BCUT2D eigenvalue weighted by molar-refractivity contribution is 6.13. The Morgan fingerprint density at radius 1 is 1.47 bits per heavy atom. The van der Waals surface area contributed by atoms with Gasteiger partial charge in [0.2, 0.25) is 5.91 Å². The average molecular weight is 249 g/mol. The van der Waals surface area contributed by atoms with E-state index in [2.05, 4.69) is 21.6 Å². The molecule has 6 heteroatoms. The first-order valence-corrected chi connectivity index (χ1v) is 5.65. The molecule has 0 aliphatic rings. The number of hydrogen-bond acceptors (Lipinski definition) is 3. The molecule has 1 aromatic carbocycles. The van der Waals surface area contributed by atoms with Crippen molar-refractivity contribution in [3.63, 3.8) is 0 Å². The monoisotopic (exact) mass is 249 g/mol. The normalized spacial score (nSPS) is 11.8. The van der Waals surface area contributed by atoms with Gasteiger partial charge >= 0.3 is 5.97 Å². The van der Waals surface area contributed by atoms with Crippen LogP contribution in [0.5, 0.6) is 5.75 Å². The van der Waals surface area contributed by atoms with Gasteiger partial charge in [-0.3, -0.25) is 4.79 Å². The maximum Gasteiger partial charge on any atom is 0.339 e. The molecule has 0 bridgehead atoms. The SMILES string of the molecule is CC(=O)N[C@H]([Al])Cc1cccc(C(=O)O)c1O. The van der Waals surface area contributed by atoms with Crippen LogP contribution in [-0.2, 0) is 11.2 Å². The van der Waals surface area contributed by atoms with E-state index in [-0.39, 0.29) is 22.1 Å². The average Bonchev–Trinajstić information content (AvgIpc) is 2.19. The largest absolute Gasteiger partial charge is 0.507 e. The summed E-state index contributed by atoms with van der Waals surface area (Å²) >= 11 is 2.42. The molecule has 0 saturated heterocycles. The molecule has 0 spiro atoms. The third kappa shape index (κ3) is 3.77. The Balaban J connectivity index is 2.88. The molecule has 88 valence electrons.